The Morgan fingerprint density at radius 3 is 1.54 bits per heavy atom. The number of rotatable bonds is 15. The van der Waals surface area contributed by atoms with E-state index in [1.165, 1.54) is 103 Å². The SMILES string of the molecule is CCCCCCCCCC(CCCC)(CCCC)C1CCCCC1. The van der Waals surface area contributed by atoms with Crippen LogP contribution in [0, 0.1) is 11.3 Å². The Balaban J connectivity index is 2.52. The van der Waals surface area contributed by atoms with Crippen LogP contribution in [0.4, 0.5) is 0 Å². The van der Waals surface area contributed by atoms with E-state index >= 15 is 0 Å². The molecule has 0 aromatic carbocycles. The van der Waals surface area contributed by atoms with Gasteiger partial charge < -0.3 is 0 Å². The number of hydrogen-bond acceptors (Lipinski definition) is 0. The molecule has 1 fully saturated rings. The summed E-state index contributed by atoms with van der Waals surface area (Å²) in [6, 6.07) is 0. The Morgan fingerprint density at radius 1 is 0.542 bits per heavy atom. The third-order valence-corrected chi connectivity index (χ3v) is 6.81. The van der Waals surface area contributed by atoms with Crippen LogP contribution < -0.4 is 0 Å². The Labute approximate surface area is 154 Å². The summed E-state index contributed by atoms with van der Waals surface area (Å²) in [6.45, 7) is 7.10. The highest BCUT2D eigenvalue weighted by Gasteiger charge is 2.37. The Hall–Kier alpha value is 0. The van der Waals surface area contributed by atoms with Crippen molar-refractivity contribution in [1.82, 2.24) is 0 Å². The molecule has 0 N–H and O–H groups in total. The smallest absolute Gasteiger partial charge is 0.0269 e. The van der Waals surface area contributed by atoms with Crippen LogP contribution in [0.5, 0.6) is 0 Å². The van der Waals surface area contributed by atoms with Gasteiger partial charge in [-0.3, -0.25) is 0 Å². The van der Waals surface area contributed by atoms with Crippen LogP contribution in [-0.2, 0) is 0 Å². The molecule has 1 saturated carbocycles. The zero-order valence-corrected chi connectivity index (χ0v) is 17.5. The molecule has 0 aliphatic heterocycles. The van der Waals surface area contributed by atoms with Gasteiger partial charge >= 0.3 is 0 Å². The lowest BCUT2D eigenvalue weighted by Crippen LogP contribution is -2.32. The molecule has 0 bridgehead atoms. The zero-order chi connectivity index (χ0) is 17.5. The minimum atomic E-state index is 0.718. The van der Waals surface area contributed by atoms with Crippen LogP contribution in [-0.4, -0.2) is 0 Å². The zero-order valence-electron chi connectivity index (χ0n) is 17.5. The second-order valence-corrected chi connectivity index (χ2v) is 8.78. The van der Waals surface area contributed by atoms with E-state index in [9.17, 15) is 0 Å². The van der Waals surface area contributed by atoms with E-state index in [2.05, 4.69) is 20.8 Å². The van der Waals surface area contributed by atoms with E-state index in [1.54, 1.807) is 19.3 Å². The van der Waals surface area contributed by atoms with E-state index in [0.29, 0.717) is 0 Å². The third kappa shape index (κ3) is 8.39. The molecule has 1 rings (SSSR count). The van der Waals surface area contributed by atoms with Gasteiger partial charge in [0.2, 0.25) is 0 Å². The van der Waals surface area contributed by atoms with Gasteiger partial charge in [0, 0.05) is 0 Å². The monoisotopic (exact) mass is 336 g/mol. The van der Waals surface area contributed by atoms with Crippen LogP contribution in [0.2, 0.25) is 0 Å². The van der Waals surface area contributed by atoms with Crippen molar-refractivity contribution in [3.05, 3.63) is 0 Å². The largest absolute Gasteiger partial charge is 0.0654 e. The first-order chi connectivity index (χ1) is 11.8. The summed E-state index contributed by atoms with van der Waals surface area (Å²) in [5, 5.41) is 0. The van der Waals surface area contributed by atoms with Gasteiger partial charge in [-0.15, -0.1) is 0 Å². The summed E-state index contributed by atoms with van der Waals surface area (Å²) in [4.78, 5) is 0. The maximum Gasteiger partial charge on any atom is -0.0269 e. The fourth-order valence-corrected chi connectivity index (χ4v) is 5.19. The number of hydrogen-bond donors (Lipinski definition) is 0. The van der Waals surface area contributed by atoms with Crippen molar-refractivity contribution in [2.45, 2.75) is 143 Å². The maximum atomic E-state index is 2.39. The van der Waals surface area contributed by atoms with Crippen molar-refractivity contribution in [3.8, 4) is 0 Å². The van der Waals surface area contributed by atoms with Crippen LogP contribution in [0.25, 0.3) is 0 Å². The van der Waals surface area contributed by atoms with Crippen molar-refractivity contribution < 1.29 is 0 Å². The van der Waals surface area contributed by atoms with Gasteiger partial charge in [-0.1, -0.05) is 111 Å². The quantitative estimate of drug-likeness (QED) is 0.261. The van der Waals surface area contributed by atoms with Crippen molar-refractivity contribution in [2.75, 3.05) is 0 Å². The third-order valence-electron chi connectivity index (χ3n) is 6.81. The molecular formula is C24H48. The minimum Gasteiger partial charge on any atom is -0.0654 e. The van der Waals surface area contributed by atoms with Gasteiger partial charge in [-0.2, -0.15) is 0 Å². The second kappa shape index (κ2) is 14.2. The van der Waals surface area contributed by atoms with Crippen molar-refractivity contribution >= 4 is 0 Å². The van der Waals surface area contributed by atoms with Crippen LogP contribution in [0.15, 0.2) is 0 Å². The molecular weight excluding hydrogens is 288 g/mol. The van der Waals surface area contributed by atoms with Crippen LogP contribution in [0.3, 0.4) is 0 Å². The average molecular weight is 337 g/mol. The lowest BCUT2D eigenvalue weighted by Gasteiger charge is -2.44. The van der Waals surface area contributed by atoms with Gasteiger partial charge in [-0.05, 0) is 43.4 Å². The van der Waals surface area contributed by atoms with Gasteiger partial charge in [0.05, 0.1) is 0 Å². The minimum absolute atomic E-state index is 0.718. The average Bonchev–Trinajstić information content (AvgIpc) is 2.63. The molecule has 0 unspecified atom stereocenters. The molecule has 0 amide bonds. The predicted molar refractivity (Wildman–Crippen MR) is 111 cm³/mol. The Bertz CT molecular complexity index is 253. The highest BCUT2D eigenvalue weighted by atomic mass is 14.4. The molecule has 144 valence electrons. The summed E-state index contributed by atoms with van der Waals surface area (Å²) in [5.74, 6) is 1.06. The van der Waals surface area contributed by atoms with Gasteiger partial charge in [0.15, 0.2) is 0 Å². The number of unbranched alkanes of at least 4 members (excludes halogenated alkanes) is 8. The van der Waals surface area contributed by atoms with Crippen molar-refractivity contribution in [1.29, 1.82) is 0 Å². The van der Waals surface area contributed by atoms with Crippen molar-refractivity contribution in [3.63, 3.8) is 0 Å². The molecule has 0 saturated heterocycles. The Kier molecular flexibility index (Phi) is 13.0. The van der Waals surface area contributed by atoms with Gasteiger partial charge in [-0.25, -0.2) is 0 Å². The van der Waals surface area contributed by atoms with Crippen LogP contribution in [0.1, 0.15) is 143 Å². The molecule has 0 aromatic heterocycles. The maximum absolute atomic E-state index is 2.39. The molecule has 0 heterocycles. The van der Waals surface area contributed by atoms with E-state index in [-0.39, 0.29) is 0 Å². The van der Waals surface area contributed by atoms with Crippen molar-refractivity contribution in [2.24, 2.45) is 11.3 Å². The molecule has 0 radical (unpaired) electrons. The molecule has 0 aromatic rings. The highest BCUT2D eigenvalue weighted by Crippen LogP contribution is 2.49. The standard InChI is InChI=1S/C24H48/c1-4-7-10-11-12-13-17-22-24(20-8-5-2,21-9-6-3)23-18-15-14-16-19-23/h23H,4-22H2,1-3H3. The first-order valence-corrected chi connectivity index (χ1v) is 11.8. The summed E-state index contributed by atoms with van der Waals surface area (Å²) < 4.78 is 0. The summed E-state index contributed by atoms with van der Waals surface area (Å²) in [5.41, 5.74) is 0.718. The molecule has 24 heavy (non-hydrogen) atoms. The topological polar surface area (TPSA) is 0 Å². The first kappa shape index (κ1) is 22.0. The molecule has 0 heteroatoms. The van der Waals surface area contributed by atoms with E-state index in [0.717, 1.165) is 11.3 Å². The Morgan fingerprint density at radius 2 is 1.00 bits per heavy atom. The second-order valence-electron chi connectivity index (χ2n) is 8.78. The molecule has 0 spiro atoms. The van der Waals surface area contributed by atoms with E-state index in [4.69, 9.17) is 0 Å². The van der Waals surface area contributed by atoms with Gasteiger partial charge in [0.25, 0.3) is 0 Å². The van der Waals surface area contributed by atoms with E-state index < -0.39 is 0 Å². The highest BCUT2D eigenvalue weighted by molar-refractivity contribution is 4.88. The first-order valence-electron chi connectivity index (χ1n) is 11.8. The lowest BCUT2D eigenvalue weighted by atomic mass is 9.61. The van der Waals surface area contributed by atoms with Crippen LogP contribution >= 0.6 is 0 Å². The summed E-state index contributed by atoms with van der Waals surface area (Å²) in [7, 11) is 0. The molecule has 1 aliphatic rings. The summed E-state index contributed by atoms with van der Waals surface area (Å²) >= 11 is 0. The molecule has 0 nitrogen and oxygen atoms in total. The normalized spacial score (nSPS) is 16.6. The van der Waals surface area contributed by atoms with Gasteiger partial charge in [0.1, 0.15) is 0 Å². The summed E-state index contributed by atoms with van der Waals surface area (Å²) in [6.07, 6.45) is 28.2. The fraction of sp³-hybridized carbons (Fsp3) is 1.00. The molecule has 1 aliphatic carbocycles. The predicted octanol–water partition coefficient (Wildman–Crippen LogP) is 9.07. The fourth-order valence-electron chi connectivity index (χ4n) is 5.19. The molecule has 0 atom stereocenters. The lowest BCUT2D eigenvalue weighted by molar-refractivity contribution is 0.0720. The van der Waals surface area contributed by atoms with E-state index in [1.807, 2.05) is 0 Å².